The van der Waals surface area contributed by atoms with E-state index in [1.54, 1.807) is 6.92 Å². The number of ether oxygens (including phenoxy) is 1. The van der Waals surface area contributed by atoms with Gasteiger partial charge in [0.1, 0.15) is 23.5 Å². The number of aromatic nitrogens is 2. The van der Waals surface area contributed by atoms with E-state index in [1.807, 2.05) is 6.07 Å². The van der Waals surface area contributed by atoms with Crippen molar-refractivity contribution in [3.05, 3.63) is 47.2 Å². The van der Waals surface area contributed by atoms with E-state index in [0.29, 0.717) is 6.61 Å². The molecule has 2 rings (SSSR count). The molecule has 0 aliphatic carbocycles. The topological polar surface area (TPSA) is 82.9 Å². The molecule has 1 aromatic heterocycles. The molecule has 0 aliphatic heterocycles. The van der Waals surface area contributed by atoms with E-state index < -0.39 is 11.6 Å². The second-order valence-corrected chi connectivity index (χ2v) is 5.24. The van der Waals surface area contributed by atoms with Gasteiger partial charge in [0.2, 0.25) is 0 Å². The fourth-order valence-electron chi connectivity index (χ4n) is 2.04. The van der Waals surface area contributed by atoms with Crippen LogP contribution in [0.4, 0.5) is 14.6 Å². The fraction of sp³-hybridized carbons (Fsp3) is 0.250. The lowest BCUT2D eigenvalue weighted by molar-refractivity contribution is 0.335. The SMILES string of the molecule is CCOc1cc(F)c(CCNC(=S)Nc2nnccc2C#N)c(F)c1. The van der Waals surface area contributed by atoms with E-state index >= 15 is 0 Å². The Kier molecular flexibility index (Phi) is 6.54. The highest BCUT2D eigenvalue weighted by Gasteiger charge is 2.12. The number of nitrogens with zero attached hydrogens (tertiary/aromatic N) is 3. The summed E-state index contributed by atoms with van der Waals surface area (Å²) in [6.45, 7) is 2.25. The number of nitriles is 1. The van der Waals surface area contributed by atoms with Crippen LogP contribution in [-0.2, 0) is 6.42 Å². The van der Waals surface area contributed by atoms with Crippen molar-refractivity contribution in [3.8, 4) is 11.8 Å². The summed E-state index contributed by atoms with van der Waals surface area (Å²) in [6.07, 6.45) is 1.47. The van der Waals surface area contributed by atoms with Gasteiger partial charge in [-0.1, -0.05) is 0 Å². The van der Waals surface area contributed by atoms with Crippen LogP contribution in [-0.4, -0.2) is 28.5 Å². The Morgan fingerprint density at radius 2 is 2.08 bits per heavy atom. The maximum atomic E-state index is 14.0. The van der Waals surface area contributed by atoms with Crippen molar-refractivity contribution < 1.29 is 13.5 Å². The Bertz CT molecular complexity index is 786. The lowest BCUT2D eigenvalue weighted by Crippen LogP contribution is -2.31. The van der Waals surface area contributed by atoms with Crippen molar-refractivity contribution >= 4 is 23.1 Å². The summed E-state index contributed by atoms with van der Waals surface area (Å²) < 4.78 is 33.0. The molecule has 6 nitrogen and oxygen atoms in total. The van der Waals surface area contributed by atoms with E-state index in [-0.39, 0.29) is 40.8 Å². The van der Waals surface area contributed by atoms with Gasteiger partial charge in [0.15, 0.2) is 10.9 Å². The van der Waals surface area contributed by atoms with Crippen LogP contribution in [0.1, 0.15) is 18.1 Å². The molecule has 0 unspecified atom stereocenters. The van der Waals surface area contributed by atoms with Gasteiger partial charge in [-0.2, -0.15) is 10.4 Å². The lowest BCUT2D eigenvalue weighted by atomic mass is 10.1. The first-order valence-electron chi connectivity index (χ1n) is 7.42. The largest absolute Gasteiger partial charge is 0.494 e. The third-order valence-electron chi connectivity index (χ3n) is 3.16. The van der Waals surface area contributed by atoms with Crippen molar-refractivity contribution in [2.24, 2.45) is 0 Å². The standard InChI is InChI=1S/C16H15F2N5OS/c1-2-24-11-7-13(17)12(14(18)8-11)4-5-20-16(25)22-15-10(9-19)3-6-21-23-15/h3,6-8H,2,4-5H2,1H3,(H2,20,22,23,25). The van der Waals surface area contributed by atoms with E-state index in [2.05, 4.69) is 20.8 Å². The monoisotopic (exact) mass is 363 g/mol. The summed E-state index contributed by atoms with van der Waals surface area (Å²) in [5, 5.41) is 22.1. The van der Waals surface area contributed by atoms with Crippen LogP contribution in [0.15, 0.2) is 24.4 Å². The second-order valence-electron chi connectivity index (χ2n) is 4.83. The van der Waals surface area contributed by atoms with Crippen LogP contribution in [0.2, 0.25) is 0 Å². The lowest BCUT2D eigenvalue weighted by Gasteiger charge is -2.12. The van der Waals surface area contributed by atoms with Gasteiger partial charge in [0.05, 0.1) is 18.4 Å². The number of anilines is 1. The van der Waals surface area contributed by atoms with Crippen molar-refractivity contribution in [1.82, 2.24) is 15.5 Å². The molecule has 1 aromatic carbocycles. The highest BCUT2D eigenvalue weighted by Crippen LogP contribution is 2.21. The molecule has 0 atom stereocenters. The molecule has 2 N–H and O–H groups in total. The molecular weight excluding hydrogens is 348 g/mol. The predicted molar refractivity (Wildman–Crippen MR) is 92.2 cm³/mol. The maximum Gasteiger partial charge on any atom is 0.172 e. The number of rotatable bonds is 6. The van der Waals surface area contributed by atoms with Crippen molar-refractivity contribution in [1.29, 1.82) is 5.26 Å². The summed E-state index contributed by atoms with van der Waals surface area (Å²) in [7, 11) is 0. The molecule has 9 heteroatoms. The van der Waals surface area contributed by atoms with Crippen molar-refractivity contribution in [2.45, 2.75) is 13.3 Å². The minimum atomic E-state index is -0.676. The van der Waals surface area contributed by atoms with E-state index in [4.69, 9.17) is 22.2 Å². The molecule has 0 bridgehead atoms. The predicted octanol–water partition coefficient (Wildman–Crippen LogP) is 2.55. The highest BCUT2D eigenvalue weighted by atomic mass is 32.1. The molecule has 0 amide bonds. The zero-order valence-corrected chi connectivity index (χ0v) is 14.2. The van der Waals surface area contributed by atoms with Crippen LogP contribution in [0.5, 0.6) is 5.75 Å². The third kappa shape index (κ3) is 5.06. The summed E-state index contributed by atoms with van der Waals surface area (Å²) in [4.78, 5) is 0. The van der Waals surface area contributed by atoms with Crippen LogP contribution >= 0.6 is 12.2 Å². The van der Waals surface area contributed by atoms with Gasteiger partial charge in [-0.15, -0.1) is 5.10 Å². The van der Waals surface area contributed by atoms with Gasteiger partial charge in [-0.05, 0) is 31.6 Å². The van der Waals surface area contributed by atoms with E-state index in [0.717, 1.165) is 12.1 Å². The minimum absolute atomic E-state index is 0.0593. The number of hydrogen-bond donors (Lipinski definition) is 2. The molecule has 2 aromatic rings. The quantitative estimate of drug-likeness (QED) is 0.763. The van der Waals surface area contributed by atoms with Gasteiger partial charge >= 0.3 is 0 Å². The average molecular weight is 363 g/mol. The molecule has 130 valence electrons. The second kappa shape index (κ2) is 8.84. The summed E-state index contributed by atoms with van der Waals surface area (Å²) in [5.41, 5.74) is 0.221. The Hall–Kier alpha value is -2.86. The zero-order chi connectivity index (χ0) is 18.2. The molecular formula is C16H15F2N5OS. The van der Waals surface area contributed by atoms with Crippen molar-refractivity contribution in [2.75, 3.05) is 18.5 Å². The molecule has 25 heavy (non-hydrogen) atoms. The van der Waals surface area contributed by atoms with Crippen LogP contribution < -0.4 is 15.4 Å². The number of thiocarbonyl (C=S) groups is 1. The van der Waals surface area contributed by atoms with E-state index in [9.17, 15) is 8.78 Å². The Balaban J connectivity index is 1.92. The normalized spacial score (nSPS) is 10.0. The van der Waals surface area contributed by atoms with Gasteiger partial charge in [-0.25, -0.2) is 8.78 Å². The van der Waals surface area contributed by atoms with Gasteiger partial charge < -0.3 is 15.4 Å². The van der Waals surface area contributed by atoms with Gasteiger partial charge in [-0.3, -0.25) is 0 Å². The molecule has 0 aliphatic rings. The zero-order valence-electron chi connectivity index (χ0n) is 13.3. The molecule has 0 saturated carbocycles. The Morgan fingerprint density at radius 3 is 2.72 bits per heavy atom. The molecule has 0 saturated heterocycles. The first-order valence-corrected chi connectivity index (χ1v) is 7.83. The fourth-order valence-corrected chi connectivity index (χ4v) is 2.23. The Labute approximate surface area is 148 Å². The summed E-state index contributed by atoms with van der Waals surface area (Å²) in [5.74, 6) is -0.992. The molecule has 0 spiro atoms. The van der Waals surface area contributed by atoms with Crippen LogP contribution in [0.3, 0.4) is 0 Å². The van der Waals surface area contributed by atoms with Gasteiger partial charge in [0, 0.05) is 24.2 Å². The highest BCUT2D eigenvalue weighted by molar-refractivity contribution is 7.80. The van der Waals surface area contributed by atoms with E-state index in [1.165, 1.54) is 12.3 Å². The summed E-state index contributed by atoms with van der Waals surface area (Å²) >= 11 is 5.07. The first-order chi connectivity index (χ1) is 12.0. The number of nitrogens with one attached hydrogen (secondary N) is 2. The average Bonchev–Trinajstić information content (AvgIpc) is 2.58. The number of halogens is 2. The molecule has 0 fully saturated rings. The number of hydrogen-bond acceptors (Lipinski definition) is 5. The smallest absolute Gasteiger partial charge is 0.172 e. The molecule has 0 radical (unpaired) electrons. The first kappa shape index (κ1) is 18.5. The number of benzene rings is 1. The molecule has 1 heterocycles. The third-order valence-corrected chi connectivity index (χ3v) is 3.41. The maximum absolute atomic E-state index is 14.0. The van der Waals surface area contributed by atoms with Crippen LogP contribution in [0.25, 0.3) is 0 Å². The minimum Gasteiger partial charge on any atom is -0.494 e. The van der Waals surface area contributed by atoms with Crippen LogP contribution in [0, 0.1) is 23.0 Å². The summed E-state index contributed by atoms with van der Waals surface area (Å²) in [6, 6.07) is 5.74. The Morgan fingerprint density at radius 1 is 1.36 bits per heavy atom. The van der Waals surface area contributed by atoms with Gasteiger partial charge in [0.25, 0.3) is 0 Å². The van der Waals surface area contributed by atoms with Crippen molar-refractivity contribution in [3.63, 3.8) is 0 Å².